The molecule has 3 N–H and O–H groups in total. The van der Waals surface area contributed by atoms with E-state index in [9.17, 15) is 5.11 Å². The number of hydrogen-bond donors (Lipinski definition) is 2. The van der Waals surface area contributed by atoms with E-state index in [-0.39, 0.29) is 0 Å². The molecule has 3 heteroatoms. The Labute approximate surface area is 80.5 Å². The number of rotatable bonds is 3. The summed E-state index contributed by atoms with van der Waals surface area (Å²) in [6.45, 7) is 0.502. The minimum absolute atomic E-state index is 0.453. The molecule has 1 unspecified atom stereocenters. The van der Waals surface area contributed by atoms with Crippen LogP contribution in [0.1, 0.15) is 18.1 Å². The van der Waals surface area contributed by atoms with Gasteiger partial charge in [0.15, 0.2) is 0 Å². The van der Waals surface area contributed by atoms with Crippen molar-refractivity contribution < 1.29 is 5.11 Å². The summed E-state index contributed by atoms with van der Waals surface area (Å²) in [5.41, 5.74) is 6.25. The smallest absolute Gasteiger partial charge is 0.0813 e. The van der Waals surface area contributed by atoms with Gasteiger partial charge in [0, 0.05) is 4.47 Å². The minimum Gasteiger partial charge on any atom is -0.388 e. The lowest BCUT2D eigenvalue weighted by Gasteiger charge is -2.10. The van der Waals surface area contributed by atoms with Gasteiger partial charge in [0.05, 0.1) is 6.10 Å². The summed E-state index contributed by atoms with van der Waals surface area (Å²) >= 11 is 3.37. The van der Waals surface area contributed by atoms with Crippen LogP contribution in [0.5, 0.6) is 0 Å². The van der Waals surface area contributed by atoms with Crippen LogP contribution < -0.4 is 5.73 Å². The molecule has 0 bridgehead atoms. The molecule has 0 spiro atoms. The highest BCUT2D eigenvalue weighted by Crippen LogP contribution is 2.24. The second-order valence-corrected chi connectivity index (χ2v) is 3.47. The first-order valence-corrected chi connectivity index (χ1v) is 4.67. The zero-order valence-corrected chi connectivity index (χ0v) is 8.29. The molecule has 1 aromatic carbocycles. The summed E-state index contributed by atoms with van der Waals surface area (Å²) in [7, 11) is 0. The van der Waals surface area contributed by atoms with E-state index in [1.807, 2.05) is 24.3 Å². The fraction of sp³-hybridized carbons (Fsp3) is 0.333. The van der Waals surface area contributed by atoms with Gasteiger partial charge < -0.3 is 10.8 Å². The summed E-state index contributed by atoms with van der Waals surface area (Å²) in [5.74, 6) is 0. The van der Waals surface area contributed by atoms with Gasteiger partial charge in [0.2, 0.25) is 0 Å². The lowest BCUT2D eigenvalue weighted by Crippen LogP contribution is -2.06. The van der Waals surface area contributed by atoms with Crippen molar-refractivity contribution in [1.82, 2.24) is 0 Å². The Hall–Kier alpha value is -0.380. The van der Waals surface area contributed by atoms with Gasteiger partial charge in [0.25, 0.3) is 0 Å². The van der Waals surface area contributed by atoms with Crippen molar-refractivity contribution >= 4 is 15.9 Å². The third-order valence-corrected chi connectivity index (χ3v) is 2.43. The number of nitrogens with two attached hydrogens (primary N) is 1. The Kier molecular flexibility index (Phi) is 3.72. The van der Waals surface area contributed by atoms with Crippen LogP contribution in [0.4, 0.5) is 0 Å². The fourth-order valence-corrected chi connectivity index (χ4v) is 1.61. The average Bonchev–Trinajstić information content (AvgIpc) is 2.05. The second-order valence-electron chi connectivity index (χ2n) is 2.61. The quantitative estimate of drug-likeness (QED) is 0.832. The van der Waals surface area contributed by atoms with Gasteiger partial charge in [0.1, 0.15) is 0 Å². The molecular weight excluding hydrogens is 218 g/mol. The maximum absolute atomic E-state index is 9.59. The van der Waals surface area contributed by atoms with Crippen LogP contribution >= 0.6 is 15.9 Å². The maximum atomic E-state index is 9.59. The van der Waals surface area contributed by atoms with Crippen LogP contribution in [0.15, 0.2) is 28.7 Å². The van der Waals surface area contributed by atoms with E-state index in [1.54, 1.807) is 0 Å². The summed E-state index contributed by atoms with van der Waals surface area (Å²) < 4.78 is 0.936. The minimum atomic E-state index is -0.453. The fourth-order valence-electron chi connectivity index (χ4n) is 1.06. The van der Waals surface area contributed by atoms with E-state index in [1.165, 1.54) is 0 Å². The highest BCUT2D eigenvalue weighted by Gasteiger charge is 2.08. The summed E-state index contributed by atoms with van der Waals surface area (Å²) in [6.07, 6.45) is 0.147. The highest BCUT2D eigenvalue weighted by molar-refractivity contribution is 9.10. The number of aliphatic hydroxyl groups excluding tert-OH is 1. The van der Waals surface area contributed by atoms with Gasteiger partial charge in [-0.3, -0.25) is 0 Å². The third kappa shape index (κ3) is 2.30. The molecule has 2 nitrogen and oxygen atoms in total. The molecule has 0 aliphatic carbocycles. The van der Waals surface area contributed by atoms with Crippen molar-refractivity contribution in [1.29, 1.82) is 0 Å². The predicted octanol–water partition coefficient (Wildman–Crippen LogP) is 1.83. The molecule has 1 atom stereocenters. The average molecular weight is 230 g/mol. The lowest BCUT2D eigenvalue weighted by atomic mass is 10.1. The van der Waals surface area contributed by atoms with Gasteiger partial charge in [-0.2, -0.15) is 0 Å². The molecule has 1 aromatic rings. The van der Waals surface area contributed by atoms with Crippen LogP contribution in [0.3, 0.4) is 0 Å². The standard InChI is InChI=1S/C9H12BrNO/c10-8-4-2-1-3-7(8)9(12)5-6-11/h1-4,9,12H,5-6,11H2. The number of aliphatic hydroxyl groups is 1. The molecule has 0 aromatic heterocycles. The monoisotopic (exact) mass is 229 g/mol. The summed E-state index contributed by atoms with van der Waals surface area (Å²) in [4.78, 5) is 0. The van der Waals surface area contributed by atoms with E-state index in [0.717, 1.165) is 10.0 Å². The molecule has 1 rings (SSSR count). The molecule has 0 radical (unpaired) electrons. The number of halogens is 1. The molecule has 0 heterocycles. The SMILES string of the molecule is NCCC(O)c1ccccc1Br. The van der Waals surface area contributed by atoms with Crippen LogP contribution in [-0.2, 0) is 0 Å². The van der Waals surface area contributed by atoms with E-state index in [2.05, 4.69) is 15.9 Å². The third-order valence-electron chi connectivity index (χ3n) is 1.70. The van der Waals surface area contributed by atoms with Crippen molar-refractivity contribution in [2.24, 2.45) is 5.73 Å². The maximum Gasteiger partial charge on any atom is 0.0813 e. The van der Waals surface area contributed by atoms with Crippen molar-refractivity contribution in [3.63, 3.8) is 0 Å². The van der Waals surface area contributed by atoms with Crippen LogP contribution in [0, 0.1) is 0 Å². The first-order chi connectivity index (χ1) is 5.75. The van der Waals surface area contributed by atoms with Crippen LogP contribution in [-0.4, -0.2) is 11.7 Å². The lowest BCUT2D eigenvalue weighted by molar-refractivity contribution is 0.169. The van der Waals surface area contributed by atoms with Crippen molar-refractivity contribution in [2.45, 2.75) is 12.5 Å². The topological polar surface area (TPSA) is 46.2 Å². The van der Waals surface area contributed by atoms with Crippen molar-refractivity contribution in [2.75, 3.05) is 6.54 Å². The summed E-state index contributed by atoms with van der Waals surface area (Å²) in [5, 5.41) is 9.59. The Morgan fingerprint density at radius 2 is 2.08 bits per heavy atom. The highest BCUT2D eigenvalue weighted by atomic mass is 79.9. The van der Waals surface area contributed by atoms with E-state index >= 15 is 0 Å². The largest absolute Gasteiger partial charge is 0.388 e. The van der Waals surface area contributed by atoms with Crippen molar-refractivity contribution in [3.8, 4) is 0 Å². The zero-order chi connectivity index (χ0) is 8.97. The molecule has 66 valence electrons. The number of benzene rings is 1. The Bertz CT molecular complexity index is 252. The summed E-state index contributed by atoms with van der Waals surface area (Å²) in [6, 6.07) is 7.63. The Balaban J connectivity index is 2.79. The Morgan fingerprint density at radius 3 is 2.67 bits per heavy atom. The van der Waals surface area contributed by atoms with Gasteiger partial charge in [-0.15, -0.1) is 0 Å². The van der Waals surface area contributed by atoms with Gasteiger partial charge in [-0.25, -0.2) is 0 Å². The molecule has 0 amide bonds. The molecular formula is C9H12BrNO. The van der Waals surface area contributed by atoms with Crippen LogP contribution in [0.25, 0.3) is 0 Å². The molecule has 0 aliphatic rings. The molecule has 0 saturated carbocycles. The molecule has 12 heavy (non-hydrogen) atoms. The van der Waals surface area contributed by atoms with E-state index < -0.39 is 6.10 Å². The second kappa shape index (κ2) is 4.60. The predicted molar refractivity (Wildman–Crippen MR) is 52.8 cm³/mol. The van der Waals surface area contributed by atoms with E-state index in [0.29, 0.717) is 13.0 Å². The van der Waals surface area contributed by atoms with Crippen LogP contribution in [0.2, 0.25) is 0 Å². The first-order valence-electron chi connectivity index (χ1n) is 3.88. The Morgan fingerprint density at radius 1 is 1.42 bits per heavy atom. The normalized spacial score (nSPS) is 12.9. The van der Waals surface area contributed by atoms with Gasteiger partial charge in [-0.1, -0.05) is 34.1 Å². The van der Waals surface area contributed by atoms with Gasteiger partial charge >= 0.3 is 0 Å². The molecule has 0 fully saturated rings. The van der Waals surface area contributed by atoms with E-state index in [4.69, 9.17) is 5.73 Å². The number of hydrogen-bond acceptors (Lipinski definition) is 2. The molecule has 0 saturated heterocycles. The first kappa shape index (κ1) is 9.71. The molecule has 0 aliphatic heterocycles. The van der Waals surface area contributed by atoms with Crippen molar-refractivity contribution in [3.05, 3.63) is 34.3 Å². The zero-order valence-electron chi connectivity index (χ0n) is 6.70. The van der Waals surface area contributed by atoms with Gasteiger partial charge in [-0.05, 0) is 24.6 Å².